The maximum atomic E-state index is 13.9. The molecule has 0 aliphatic heterocycles. The van der Waals surface area contributed by atoms with Crippen LogP contribution in [0.4, 0.5) is 0 Å². The van der Waals surface area contributed by atoms with Gasteiger partial charge in [0.15, 0.2) is 0 Å². The molecule has 1 atom stereocenters. The van der Waals surface area contributed by atoms with Crippen molar-refractivity contribution in [3.05, 3.63) is 83.8 Å². The SMILES string of the molecule is COc1ccc(C(C(=O)NC2CCCC2)N(Cc2ccco2)C(=O)Cn2nnc(-c3ccc(C)cc3)n2)cc1. The van der Waals surface area contributed by atoms with Gasteiger partial charge in [-0.05, 0) is 54.8 Å². The minimum Gasteiger partial charge on any atom is -0.497 e. The molecule has 2 aromatic carbocycles. The summed E-state index contributed by atoms with van der Waals surface area (Å²) in [6.45, 7) is 1.91. The summed E-state index contributed by atoms with van der Waals surface area (Å²) >= 11 is 0. The number of amides is 2. The molecular formula is C29H32N6O4. The molecule has 202 valence electrons. The van der Waals surface area contributed by atoms with E-state index in [9.17, 15) is 9.59 Å². The van der Waals surface area contributed by atoms with Crippen molar-refractivity contribution in [1.82, 2.24) is 30.4 Å². The lowest BCUT2D eigenvalue weighted by Gasteiger charge is -2.31. The summed E-state index contributed by atoms with van der Waals surface area (Å²) in [7, 11) is 1.59. The average Bonchev–Trinajstić information content (AvgIpc) is 3.73. The van der Waals surface area contributed by atoms with Crippen LogP contribution in [0, 0.1) is 6.92 Å². The van der Waals surface area contributed by atoms with Crippen LogP contribution in [-0.4, -0.2) is 50.1 Å². The molecule has 1 aliphatic carbocycles. The fourth-order valence-corrected chi connectivity index (χ4v) is 4.84. The Kier molecular flexibility index (Phi) is 8.00. The molecule has 4 aromatic rings. The van der Waals surface area contributed by atoms with Crippen LogP contribution >= 0.6 is 0 Å². The molecule has 0 radical (unpaired) electrons. The van der Waals surface area contributed by atoms with Crippen molar-refractivity contribution in [2.45, 2.75) is 57.8 Å². The first-order valence-corrected chi connectivity index (χ1v) is 13.1. The molecule has 1 aliphatic rings. The zero-order valence-corrected chi connectivity index (χ0v) is 22.1. The highest BCUT2D eigenvalue weighted by atomic mass is 16.5. The Labute approximate surface area is 227 Å². The fourth-order valence-electron chi connectivity index (χ4n) is 4.84. The normalized spacial score (nSPS) is 14.2. The molecule has 0 saturated heterocycles. The molecule has 2 heterocycles. The second kappa shape index (κ2) is 11.9. The van der Waals surface area contributed by atoms with Crippen molar-refractivity contribution in [1.29, 1.82) is 0 Å². The Morgan fingerprint density at radius 1 is 1.10 bits per heavy atom. The number of aryl methyl sites for hydroxylation is 1. The molecule has 39 heavy (non-hydrogen) atoms. The van der Waals surface area contributed by atoms with Gasteiger partial charge in [0.1, 0.15) is 24.1 Å². The van der Waals surface area contributed by atoms with Crippen LogP contribution in [0.15, 0.2) is 71.3 Å². The van der Waals surface area contributed by atoms with E-state index in [0.29, 0.717) is 22.9 Å². The van der Waals surface area contributed by atoms with E-state index in [4.69, 9.17) is 9.15 Å². The predicted molar refractivity (Wildman–Crippen MR) is 143 cm³/mol. The minimum atomic E-state index is -0.894. The third-order valence-corrected chi connectivity index (χ3v) is 6.96. The Balaban J connectivity index is 1.45. The van der Waals surface area contributed by atoms with Crippen LogP contribution in [0.2, 0.25) is 0 Å². The van der Waals surface area contributed by atoms with Crippen molar-refractivity contribution >= 4 is 11.8 Å². The predicted octanol–water partition coefficient (Wildman–Crippen LogP) is 4.08. The number of hydrogen-bond acceptors (Lipinski definition) is 7. The summed E-state index contributed by atoms with van der Waals surface area (Å²) in [5.74, 6) is 1.06. The van der Waals surface area contributed by atoms with Crippen LogP contribution in [0.5, 0.6) is 5.75 Å². The smallest absolute Gasteiger partial charge is 0.247 e. The van der Waals surface area contributed by atoms with E-state index in [-0.39, 0.29) is 30.9 Å². The number of ether oxygens (including phenoxy) is 1. The second-order valence-electron chi connectivity index (χ2n) is 9.78. The molecule has 1 fully saturated rings. The highest BCUT2D eigenvalue weighted by Gasteiger charge is 2.34. The van der Waals surface area contributed by atoms with E-state index in [1.165, 1.54) is 9.70 Å². The average molecular weight is 529 g/mol. The molecule has 1 saturated carbocycles. The van der Waals surface area contributed by atoms with E-state index in [1.807, 2.05) is 43.3 Å². The summed E-state index contributed by atoms with van der Waals surface area (Å²) in [6, 6.07) is 17.7. The van der Waals surface area contributed by atoms with Gasteiger partial charge in [0.05, 0.1) is 19.9 Å². The zero-order valence-electron chi connectivity index (χ0n) is 22.1. The molecule has 2 aromatic heterocycles. The summed E-state index contributed by atoms with van der Waals surface area (Å²) in [6.07, 6.45) is 5.56. The number of carbonyl (C=O) groups is 2. The highest BCUT2D eigenvalue weighted by molar-refractivity contribution is 5.89. The lowest BCUT2D eigenvalue weighted by molar-refractivity contribution is -0.143. The number of furan rings is 1. The van der Waals surface area contributed by atoms with Crippen LogP contribution in [-0.2, 0) is 22.7 Å². The van der Waals surface area contributed by atoms with E-state index >= 15 is 0 Å². The Morgan fingerprint density at radius 3 is 2.51 bits per heavy atom. The van der Waals surface area contributed by atoms with Gasteiger partial charge in [-0.15, -0.1) is 10.2 Å². The number of rotatable bonds is 10. The number of aromatic nitrogens is 4. The number of nitrogens with zero attached hydrogens (tertiary/aromatic N) is 5. The fraction of sp³-hybridized carbons (Fsp3) is 0.345. The van der Waals surface area contributed by atoms with Gasteiger partial charge in [0, 0.05) is 11.6 Å². The number of benzene rings is 2. The van der Waals surface area contributed by atoms with Crippen molar-refractivity contribution < 1.29 is 18.7 Å². The van der Waals surface area contributed by atoms with Crippen LogP contribution in [0.25, 0.3) is 11.4 Å². The lowest BCUT2D eigenvalue weighted by Crippen LogP contribution is -2.46. The molecule has 0 bridgehead atoms. The van der Waals surface area contributed by atoms with Gasteiger partial charge < -0.3 is 19.4 Å². The van der Waals surface area contributed by atoms with Gasteiger partial charge in [-0.1, -0.05) is 54.8 Å². The van der Waals surface area contributed by atoms with E-state index in [0.717, 1.165) is 36.8 Å². The Hall–Kier alpha value is -4.47. The van der Waals surface area contributed by atoms with Gasteiger partial charge >= 0.3 is 0 Å². The monoisotopic (exact) mass is 528 g/mol. The number of carbonyl (C=O) groups excluding carboxylic acids is 2. The standard InChI is InChI=1S/C29H32N6O4/c1-20-9-11-22(12-10-20)28-31-33-35(32-28)19-26(36)34(18-25-8-5-17-39-25)27(21-13-15-24(38-2)16-14-21)29(37)30-23-6-3-4-7-23/h5,8-17,23,27H,3-4,6-7,18-19H2,1-2H3,(H,30,37). The molecule has 10 nitrogen and oxygen atoms in total. The van der Waals surface area contributed by atoms with Crippen molar-refractivity contribution in [3.63, 3.8) is 0 Å². The summed E-state index contributed by atoms with van der Waals surface area (Å²) < 4.78 is 10.9. The summed E-state index contributed by atoms with van der Waals surface area (Å²) in [5.41, 5.74) is 2.59. The first-order chi connectivity index (χ1) is 19.0. The Morgan fingerprint density at radius 2 is 1.85 bits per heavy atom. The maximum Gasteiger partial charge on any atom is 0.247 e. The summed E-state index contributed by atoms with van der Waals surface area (Å²) in [4.78, 5) is 30.4. The molecule has 2 amide bonds. The zero-order chi connectivity index (χ0) is 27.2. The quantitative estimate of drug-likeness (QED) is 0.330. The number of nitrogens with one attached hydrogen (secondary N) is 1. The molecule has 1 unspecified atom stereocenters. The van der Waals surface area contributed by atoms with Gasteiger partial charge in [0.25, 0.3) is 0 Å². The largest absolute Gasteiger partial charge is 0.497 e. The van der Waals surface area contributed by atoms with E-state index < -0.39 is 6.04 Å². The summed E-state index contributed by atoms with van der Waals surface area (Å²) in [5, 5.41) is 15.8. The van der Waals surface area contributed by atoms with Crippen molar-refractivity contribution in [3.8, 4) is 17.1 Å². The van der Waals surface area contributed by atoms with Gasteiger partial charge in [-0.25, -0.2) is 0 Å². The third-order valence-electron chi connectivity index (χ3n) is 6.96. The minimum absolute atomic E-state index is 0.0906. The van der Waals surface area contributed by atoms with Crippen molar-refractivity contribution in [2.75, 3.05) is 7.11 Å². The second-order valence-corrected chi connectivity index (χ2v) is 9.78. The highest BCUT2D eigenvalue weighted by Crippen LogP contribution is 2.28. The topological polar surface area (TPSA) is 115 Å². The first-order valence-electron chi connectivity index (χ1n) is 13.1. The van der Waals surface area contributed by atoms with E-state index in [1.54, 1.807) is 37.6 Å². The number of methoxy groups -OCH3 is 1. The molecular weight excluding hydrogens is 496 g/mol. The molecule has 10 heteroatoms. The lowest BCUT2D eigenvalue weighted by atomic mass is 10.0. The van der Waals surface area contributed by atoms with Gasteiger partial charge in [0.2, 0.25) is 17.6 Å². The maximum absolute atomic E-state index is 13.9. The molecule has 5 rings (SSSR count). The number of tetrazole rings is 1. The molecule has 0 spiro atoms. The van der Waals surface area contributed by atoms with Crippen LogP contribution in [0.1, 0.15) is 48.6 Å². The van der Waals surface area contributed by atoms with Gasteiger partial charge in [-0.3, -0.25) is 9.59 Å². The third kappa shape index (κ3) is 6.34. The first kappa shape index (κ1) is 26.1. The van der Waals surface area contributed by atoms with Gasteiger partial charge in [-0.2, -0.15) is 4.80 Å². The van der Waals surface area contributed by atoms with E-state index in [2.05, 4.69) is 20.7 Å². The number of hydrogen-bond donors (Lipinski definition) is 1. The van der Waals surface area contributed by atoms with Crippen LogP contribution in [0.3, 0.4) is 0 Å². The van der Waals surface area contributed by atoms with Crippen LogP contribution < -0.4 is 10.1 Å². The van der Waals surface area contributed by atoms with Crippen molar-refractivity contribution in [2.24, 2.45) is 0 Å². The molecule has 1 N–H and O–H groups in total. The Bertz CT molecular complexity index is 1380.